The average Bonchev–Trinajstić information content (AvgIpc) is 2.98. The molecule has 0 spiro atoms. The molecule has 2 atom stereocenters. The Balaban J connectivity index is 1.68. The van der Waals surface area contributed by atoms with E-state index in [9.17, 15) is 4.79 Å². The van der Waals surface area contributed by atoms with Crippen molar-refractivity contribution < 1.29 is 9.53 Å². The van der Waals surface area contributed by atoms with Gasteiger partial charge in [-0.25, -0.2) is 0 Å². The van der Waals surface area contributed by atoms with Crippen LogP contribution in [0.5, 0.6) is 0 Å². The molecule has 0 saturated carbocycles. The first-order valence-electron chi connectivity index (χ1n) is 8.04. The molecular weight excluding hydrogens is 254 g/mol. The summed E-state index contributed by atoms with van der Waals surface area (Å²) in [6, 6.07) is 0. The molecule has 2 saturated heterocycles. The first kappa shape index (κ1) is 15.7. The highest BCUT2D eigenvalue weighted by Gasteiger charge is 2.25. The molecule has 2 rings (SSSR count). The van der Waals surface area contributed by atoms with Crippen LogP contribution in [0.2, 0.25) is 0 Å². The van der Waals surface area contributed by atoms with E-state index in [-0.39, 0.29) is 5.91 Å². The lowest BCUT2D eigenvalue weighted by atomic mass is 10.0. The van der Waals surface area contributed by atoms with Gasteiger partial charge in [0.25, 0.3) is 0 Å². The number of nitrogens with two attached hydrogens (primary N) is 1. The van der Waals surface area contributed by atoms with Gasteiger partial charge in [-0.2, -0.15) is 0 Å². The van der Waals surface area contributed by atoms with Gasteiger partial charge >= 0.3 is 0 Å². The summed E-state index contributed by atoms with van der Waals surface area (Å²) >= 11 is 0. The van der Waals surface area contributed by atoms with Gasteiger partial charge in [0.2, 0.25) is 5.91 Å². The molecule has 2 heterocycles. The molecule has 0 bridgehead atoms. The number of carbonyl (C=O) groups excluding carboxylic acids is 1. The third-order valence-electron chi connectivity index (χ3n) is 4.58. The molecule has 1 amide bonds. The third-order valence-corrected chi connectivity index (χ3v) is 4.58. The van der Waals surface area contributed by atoms with Gasteiger partial charge in [0.15, 0.2) is 0 Å². The summed E-state index contributed by atoms with van der Waals surface area (Å²) in [6.07, 6.45) is 4.40. The van der Waals surface area contributed by atoms with Crippen LogP contribution in [0.1, 0.15) is 32.6 Å². The van der Waals surface area contributed by atoms with Crippen molar-refractivity contribution in [2.75, 3.05) is 45.9 Å². The van der Waals surface area contributed by atoms with E-state index in [0.29, 0.717) is 25.0 Å². The number of rotatable bonds is 6. The van der Waals surface area contributed by atoms with Crippen LogP contribution < -0.4 is 5.73 Å². The maximum Gasteiger partial charge on any atom is 0.222 e. The zero-order valence-electron chi connectivity index (χ0n) is 12.7. The topological polar surface area (TPSA) is 58.8 Å². The Morgan fingerprint density at radius 3 is 2.65 bits per heavy atom. The molecule has 0 aromatic carbocycles. The second-order valence-electron chi connectivity index (χ2n) is 6.03. The molecule has 2 aliphatic heterocycles. The normalized spacial score (nSPS) is 25.9. The molecule has 2 aliphatic rings. The van der Waals surface area contributed by atoms with Crippen LogP contribution in [0, 0.1) is 5.92 Å². The number of ether oxygens (including phenoxy) is 1. The summed E-state index contributed by atoms with van der Waals surface area (Å²) < 4.78 is 5.68. The van der Waals surface area contributed by atoms with Gasteiger partial charge in [-0.1, -0.05) is 13.3 Å². The zero-order valence-corrected chi connectivity index (χ0v) is 12.7. The van der Waals surface area contributed by atoms with Gasteiger partial charge < -0.3 is 15.4 Å². The fourth-order valence-electron chi connectivity index (χ4n) is 3.03. The summed E-state index contributed by atoms with van der Waals surface area (Å²) in [6.45, 7) is 8.32. The predicted molar refractivity (Wildman–Crippen MR) is 79.4 cm³/mol. The molecule has 0 aromatic heterocycles. The fourth-order valence-corrected chi connectivity index (χ4v) is 3.03. The van der Waals surface area contributed by atoms with Gasteiger partial charge in [-0.05, 0) is 25.3 Å². The van der Waals surface area contributed by atoms with E-state index in [1.165, 1.54) is 12.8 Å². The molecule has 0 radical (unpaired) electrons. The van der Waals surface area contributed by atoms with Crippen molar-refractivity contribution in [2.24, 2.45) is 11.7 Å². The number of carbonyl (C=O) groups is 1. The van der Waals surface area contributed by atoms with Crippen LogP contribution in [-0.2, 0) is 9.53 Å². The molecule has 20 heavy (non-hydrogen) atoms. The zero-order chi connectivity index (χ0) is 14.4. The van der Waals surface area contributed by atoms with Crippen molar-refractivity contribution in [3.63, 3.8) is 0 Å². The second-order valence-corrected chi connectivity index (χ2v) is 6.03. The summed E-state index contributed by atoms with van der Waals surface area (Å²) in [5.41, 5.74) is 5.68. The minimum atomic E-state index is 0.277. The lowest BCUT2D eigenvalue weighted by Gasteiger charge is -2.36. The van der Waals surface area contributed by atoms with Crippen molar-refractivity contribution in [3.05, 3.63) is 0 Å². The number of amides is 1. The molecular formula is C15H29N3O2. The smallest absolute Gasteiger partial charge is 0.222 e. The van der Waals surface area contributed by atoms with Crippen molar-refractivity contribution in [1.82, 2.24) is 9.80 Å². The second kappa shape index (κ2) is 7.96. The molecule has 0 aromatic rings. The number of hydrogen-bond donors (Lipinski definition) is 1. The van der Waals surface area contributed by atoms with E-state index in [1.54, 1.807) is 0 Å². The van der Waals surface area contributed by atoms with E-state index >= 15 is 0 Å². The monoisotopic (exact) mass is 283 g/mol. The summed E-state index contributed by atoms with van der Waals surface area (Å²) in [4.78, 5) is 16.6. The Morgan fingerprint density at radius 1 is 1.35 bits per heavy atom. The average molecular weight is 283 g/mol. The molecule has 116 valence electrons. The van der Waals surface area contributed by atoms with Crippen molar-refractivity contribution >= 4 is 5.91 Å². The maximum absolute atomic E-state index is 12.2. The summed E-state index contributed by atoms with van der Waals surface area (Å²) in [7, 11) is 0. The van der Waals surface area contributed by atoms with Crippen LogP contribution in [0.15, 0.2) is 0 Å². The SMILES string of the molecule is CCC(CN)CC(=O)N1CCN(CC2CCCO2)CC1. The minimum absolute atomic E-state index is 0.277. The first-order chi connectivity index (χ1) is 9.72. The Hall–Kier alpha value is -0.650. The Bertz CT molecular complexity index is 293. The van der Waals surface area contributed by atoms with Crippen molar-refractivity contribution in [2.45, 2.75) is 38.7 Å². The van der Waals surface area contributed by atoms with E-state index in [0.717, 1.165) is 45.8 Å². The maximum atomic E-state index is 12.2. The van der Waals surface area contributed by atoms with Crippen LogP contribution in [-0.4, -0.2) is 67.7 Å². The quantitative estimate of drug-likeness (QED) is 0.779. The van der Waals surface area contributed by atoms with Gasteiger partial charge in [0.05, 0.1) is 6.10 Å². The molecule has 5 heteroatoms. The largest absolute Gasteiger partial charge is 0.377 e. The summed E-state index contributed by atoms with van der Waals surface area (Å²) in [5, 5.41) is 0. The van der Waals surface area contributed by atoms with Gasteiger partial charge in [-0.15, -0.1) is 0 Å². The highest BCUT2D eigenvalue weighted by Crippen LogP contribution is 2.15. The fraction of sp³-hybridized carbons (Fsp3) is 0.933. The number of hydrogen-bond acceptors (Lipinski definition) is 4. The van der Waals surface area contributed by atoms with Gasteiger partial charge in [0, 0.05) is 45.8 Å². The third kappa shape index (κ3) is 4.43. The van der Waals surface area contributed by atoms with Gasteiger partial charge in [-0.3, -0.25) is 9.69 Å². The van der Waals surface area contributed by atoms with E-state index in [2.05, 4.69) is 11.8 Å². The number of piperazine rings is 1. The van der Waals surface area contributed by atoms with E-state index in [1.807, 2.05) is 4.90 Å². The predicted octanol–water partition coefficient (Wildman–Crippen LogP) is 0.685. The highest BCUT2D eigenvalue weighted by molar-refractivity contribution is 5.76. The molecule has 2 N–H and O–H groups in total. The molecule has 2 fully saturated rings. The van der Waals surface area contributed by atoms with Crippen molar-refractivity contribution in [3.8, 4) is 0 Å². The van der Waals surface area contributed by atoms with Crippen LogP contribution in [0.4, 0.5) is 0 Å². The minimum Gasteiger partial charge on any atom is -0.377 e. The molecule has 0 aliphatic carbocycles. The molecule has 2 unspecified atom stereocenters. The van der Waals surface area contributed by atoms with E-state index in [4.69, 9.17) is 10.5 Å². The van der Waals surface area contributed by atoms with Crippen LogP contribution in [0.25, 0.3) is 0 Å². The van der Waals surface area contributed by atoms with E-state index < -0.39 is 0 Å². The Labute approximate surface area is 122 Å². The Kier molecular flexibility index (Phi) is 6.26. The highest BCUT2D eigenvalue weighted by atomic mass is 16.5. The molecule has 5 nitrogen and oxygen atoms in total. The Morgan fingerprint density at radius 2 is 2.10 bits per heavy atom. The van der Waals surface area contributed by atoms with Crippen LogP contribution >= 0.6 is 0 Å². The lowest BCUT2D eigenvalue weighted by Crippen LogP contribution is -2.50. The summed E-state index contributed by atoms with van der Waals surface area (Å²) in [5.74, 6) is 0.617. The van der Waals surface area contributed by atoms with Gasteiger partial charge in [0.1, 0.15) is 0 Å². The van der Waals surface area contributed by atoms with Crippen LogP contribution in [0.3, 0.4) is 0 Å². The first-order valence-corrected chi connectivity index (χ1v) is 8.04. The standard InChI is InChI=1S/C15H29N3O2/c1-2-13(11-16)10-15(19)18-7-5-17(6-8-18)12-14-4-3-9-20-14/h13-14H,2-12,16H2,1H3. The number of nitrogens with zero attached hydrogens (tertiary/aromatic N) is 2. The lowest BCUT2D eigenvalue weighted by molar-refractivity contribution is -0.134. The van der Waals surface area contributed by atoms with Crippen molar-refractivity contribution in [1.29, 1.82) is 0 Å².